The van der Waals surface area contributed by atoms with Crippen molar-refractivity contribution in [2.24, 2.45) is 0 Å². The van der Waals surface area contributed by atoms with Crippen molar-refractivity contribution in [2.75, 3.05) is 12.8 Å². The second kappa shape index (κ2) is 3.53. The topological polar surface area (TPSA) is 65.2 Å². The SMILES string of the molecule is COc1ncc(C=O)c(N)c1Br. The Labute approximate surface area is 77.9 Å². The number of methoxy groups -OCH3 is 1. The van der Waals surface area contributed by atoms with E-state index < -0.39 is 0 Å². The van der Waals surface area contributed by atoms with Gasteiger partial charge in [-0.1, -0.05) is 0 Å². The van der Waals surface area contributed by atoms with Crippen molar-refractivity contribution in [1.82, 2.24) is 4.98 Å². The first kappa shape index (κ1) is 8.99. The highest BCUT2D eigenvalue weighted by Crippen LogP contribution is 2.29. The summed E-state index contributed by atoms with van der Waals surface area (Å²) in [4.78, 5) is 14.2. The van der Waals surface area contributed by atoms with E-state index in [0.717, 1.165) is 0 Å². The number of anilines is 1. The number of hydrogen-bond donors (Lipinski definition) is 1. The molecule has 0 radical (unpaired) electrons. The Bertz CT molecular complexity index is 315. The number of rotatable bonds is 2. The molecule has 0 fully saturated rings. The molecule has 4 nitrogen and oxygen atoms in total. The number of ether oxygens (including phenoxy) is 1. The van der Waals surface area contributed by atoms with Crippen LogP contribution in [0.25, 0.3) is 0 Å². The van der Waals surface area contributed by atoms with E-state index in [0.29, 0.717) is 27.9 Å². The van der Waals surface area contributed by atoms with Crippen LogP contribution in [0, 0.1) is 0 Å². The number of nitrogen functional groups attached to an aromatic ring is 1. The summed E-state index contributed by atoms with van der Waals surface area (Å²) >= 11 is 3.16. The van der Waals surface area contributed by atoms with Crippen LogP contribution in [0.4, 0.5) is 5.69 Å². The van der Waals surface area contributed by atoms with E-state index in [2.05, 4.69) is 20.9 Å². The lowest BCUT2D eigenvalue weighted by molar-refractivity contribution is 0.112. The van der Waals surface area contributed by atoms with Crippen molar-refractivity contribution in [1.29, 1.82) is 0 Å². The van der Waals surface area contributed by atoms with Gasteiger partial charge in [-0.2, -0.15) is 0 Å². The molecule has 5 heteroatoms. The molecule has 0 saturated carbocycles. The zero-order valence-electron chi connectivity index (χ0n) is 6.37. The van der Waals surface area contributed by atoms with E-state index in [1.54, 1.807) is 0 Å². The van der Waals surface area contributed by atoms with Gasteiger partial charge >= 0.3 is 0 Å². The van der Waals surface area contributed by atoms with Crippen molar-refractivity contribution < 1.29 is 9.53 Å². The maximum atomic E-state index is 10.4. The molecule has 0 unspecified atom stereocenters. The minimum atomic E-state index is 0.344. The van der Waals surface area contributed by atoms with Crippen LogP contribution < -0.4 is 10.5 Å². The van der Waals surface area contributed by atoms with Crippen LogP contribution >= 0.6 is 15.9 Å². The molecule has 0 bridgehead atoms. The monoisotopic (exact) mass is 230 g/mol. The van der Waals surface area contributed by atoms with Gasteiger partial charge in [0, 0.05) is 6.20 Å². The fourth-order valence-corrected chi connectivity index (χ4v) is 1.23. The predicted octanol–water partition coefficient (Wildman–Crippen LogP) is 1.25. The summed E-state index contributed by atoms with van der Waals surface area (Å²) in [6, 6.07) is 0. The molecule has 0 spiro atoms. The normalized spacial score (nSPS) is 9.50. The summed E-state index contributed by atoms with van der Waals surface area (Å²) in [5.74, 6) is 0.373. The average Bonchev–Trinajstić information content (AvgIpc) is 2.10. The van der Waals surface area contributed by atoms with Crippen molar-refractivity contribution in [3.63, 3.8) is 0 Å². The van der Waals surface area contributed by atoms with Gasteiger partial charge in [0.15, 0.2) is 6.29 Å². The largest absolute Gasteiger partial charge is 0.480 e. The predicted molar refractivity (Wildman–Crippen MR) is 48.3 cm³/mol. The summed E-state index contributed by atoms with van der Waals surface area (Å²) in [6.07, 6.45) is 2.01. The molecule has 1 heterocycles. The van der Waals surface area contributed by atoms with Crippen molar-refractivity contribution in [2.45, 2.75) is 0 Å². The minimum absolute atomic E-state index is 0.344. The van der Waals surface area contributed by atoms with E-state index in [4.69, 9.17) is 10.5 Å². The molecule has 0 aromatic carbocycles. The third kappa shape index (κ3) is 1.40. The van der Waals surface area contributed by atoms with Crippen LogP contribution in [0.5, 0.6) is 5.88 Å². The van der Waals surface area contributed by atoms with Crippen LogP contribution in [-0.2, 0) is 0 Å². The summed E-state index contributed by atoms with van der Waals surface area (Å²) in [5, 5.41) is 0. The van der Waals surface area contributed by atoms with E-state index in [-0.39, 0.29) is 0 Å². The molecule has 0 aliphatic carbocycles. The summed E-state index contributed by atoms with van der Waals surface area (Å²) in [6.45, 7) is 0. The molecular weight excluding hydrogens is 224 g/mol. The average molecular weight is 231 g/mol. The standard InChI is InChI=1S/C7H7BrN2O2/c1-12-7-5(8)6(9)4(3-11)2-10-7/h2-3H,1H3,(H2,9,10). The van der Waals surface area contributed by atoms with Crippen LogP contribution in [0.3, 0.4) is 0 Å². The van der Waals surface area contributed by atoms with Crippen molar-refractivity contribution in [3.8, 4) is 5.88 Å². The second-order valence-corrected chi connectivity index (χ2v) is 2.86. The van der Waals surface area contributed by atoms with Crippen LogP contribution in [-0.4, -0.2) is 18.4 Å². The molecule has 0 aliphatic rings. The highest BCUT2D eigenvalue weighted by atomic mass is 79.9. The Kier molecular flexibility index (Phi) is 2.65. The number of halogens is 1. The Morgan fingerprint density at radius 3 is 2.92 bits per heavy atom. The third-order valence-electron chi connectivity index (χ3n) is 1.38. The first-order valence-electron chi connectivity index (χ1n) is 3.13. The van der Waals surface area contributed by atoms with Gasteiger partial charge in [0.2, 0.25) is 5.88 Å². The summed E-state index contributed by atoms with van der Waals surface area (Å²) in [5.41, 5.74) is 6.27. The summed E-state index contributed by atoms with van der Waals surface area (Å²) in [7, 11) is 1.48. The Balaban J connectivity index is 3.29. The van der Waals surface area contributed by atoms with Crippen LogP contribution in [0.2, 0.25) is 0 Å². The third-order valence-corrected chi connectivity index (χ3v) is 2.14. The maximum Gasteiger partial charge on any atom is 0.229 e. The molecule has 1 aromatic rings. The van der Waals surface area contributed by atoms with Gasteiger partial charge in [-0.15, -0.1) is 0 Å². The molecule has 12 heavy (non-hydrogen) atoms. The molecule has 0 aliphatic heterocycles. The zero-order valence-corrected chi connectivity index (χ0v) is 7.96. The number of hydrogen-bond acceptors (Lipinski definition) is 4. The van der Waals surface area contributed by atoms with E-state index in [1.165, 1.54) is 13.3 Å². The van der Waals surface area contributed by atoms with E-state index in [9.17, 15) is 4.79 Å². The van der Waals surface area contributed by atoms with Gasteiger partial charge in [0.1, 0.15) is 4.47 Å². The van der Waals surface area contributed by atoms with Gasteiger partial charge in [-0.3, -0.25) is 4.79 Å². The van der Waals surface area contributed by atoms with Gasteiger partial charge in [0.05, 0.1) is 18.4 Å². The molecule has 1 rings (SSSR count). The zero-order chi connectivity index (χ0) is 9.14. The minimum Gasteiger partial charge on any atom is -0.480 e. The first-order valence-corrected chi connectivity index (χ1v) is 3.93. The fourth-order valence-electron chi connectivity index (χ4n) is 0.733. The number of aromatic nitrogens is 1. The van der Waals surface area contributed by atoms with Crippen molar-refractivity contribution >= 4 is 27.9 Å². The van der Waals surface area contributed by atoms with Gasteiger partial charge in [0.25, 0.3) is 0 Å². The lowest BCUT2D eigenvalue weighted by Gasteiger charge is -2.05. The van der Waals surface area contributed by atoms with E-state index >= 15 is 0 Å². The second-order valence-electron chi connectivity index (χ2n) is 2.07. The number of nitrogens with two attached hydrogens (primary N) is 1. The lowest BCUT2D eigenvalue weighted by Crippen LogP contribution is -1.98. The molecule has 1 aromatic heterocycles. The molecule has 0 saturated heterocycles. The lowest BCUT2D eigenvalue weighted by atomic mass is 10.2. The highest BCUT2D eigenvalue weighted by Gasteiger charge is 2.08. The Morgan fingerprint density at radius 1 is 1.75 bits per heavy atom. The number of nitrogens with zero attached hydrogens (tertiary/aromatic N) is 1. The van der Waals surface area contributed by atoms with Crippen LogP contribution in [0.1, 0.15) is 10.4 Å². The fraction of sp³-hybridized carbons (Fsp3) is 0.143. The number of carbonyl (C=O) groups is 1. The van der Waals surface area contributed by atoms with E-state index in [1.807, 2.05) is 0 Å². The summed E-state index contributed by atoms with van der Waals surface area (Å²) < 4.78 is 5.38. The molecular formula is C7H7BrN2O2. The first-order chi connectivity index (χ1) is 5.70. The number of carbonyl (C=O) groups excluding carboxylic acids is 1. The smallest absolute Gasteiger partial charge is 0.229 e. The van der Waals surface area contributed by atoms with Gasteiger partial charge < -0.3 is 10.5 Å². The van der Waals surface area contributed by atoms with Crippen LogP contribution in [0.15, 0.2) is 10.7 Å². The highest BCUT2D eigenvalue weighted by molar-refractivity contribution is 9.10. The number of pyridine rings is 1. The number of aldehydes is 1. The maximum absolute atomic E-state index is 10.4. The van der Waals surface area contributed by atoms with Crippen molar-refractivity contribution in [3.05, 3.63) is 16.2 Å². The Morgan fingerprint density at radius 2 is 2.42 bits per heavy atom. The molecule has 0 amide bonds. The molecule has 2 N–H and O–H groups in total. The Hall–Kier alpha value is -1.10. The van der Waals surface area contributed by atoms with Gasteiger partial charge in [-0.05, 0) is 15.9 Å². The quantitative estimate of drug-likeness (QED) is 0.777. The molecule has 0 atom stereocenters. The molecule has 64 valence electrons. The van der Waals surface area contributed by atoms with Gasteiger partial charge in [-0.25, -0.2) is 4.98 Å².